The van der Waals surface area contributed by atoms with Crippen molar-refractivity contribution in [3.63, 3.8) is 0 Å². The van der Waals surface area contributed by atoms with Crippen LogP contribution in [0.15, 0.2) is 48.5 Å². The molecule has 0 fully saturated rings. The van der Waals surface area contributed by atoms with Crippen LogP contribution in [0.4, 0.5) is 5.13 Å². The molecule has 0 bridgehead atoms. The first-order valence-corrected chi connectivity index (χ1v) is 9.55. The highest BCUT2D eigenvalue weighted by molar-refractivity contribution is 7.16. The molecule has 3 aromatic rings. The molecule has 0 saturated carbocycles. The predicted molar refractivity (Wildman–Crippen MR) is 111 cm³/mol. The van der Waals surface area contributed by atoms with Crippen LogP contribution in [-0.2, 0) is 4.79 Å². The summed E-state index contributed by atoms with van der Waals surface area (Å²) in [5, 5.41) is 5.00. The summed E-state index contributed by atoms with van der Waals surface area (Å²) in [7, 11) is 0. The molecule has 0 spiro atoms. The van der Waals surface area contributed by atoms with E-state index in [-0.39, 0.29) is 5.91 Å². The molecule has 132 valence electrons. The monoisotopic (exact) mass is 422 g/mol. The molecular weight excluding hydrogens is 411 g/mol. The quantitative estimate of drug-likeness (QED) is 0.473. The summed E-state index contributed by atoms with van der Waals surface area (Å²) < 4.78 is 0. The molecule has 1 amide bonds. The molecular formula is C19H13Cl3N2OS. The predicted octanol–water partition coefficient (Wildman–Crippen LogP) is 6.73. The number of thiazole rings is 1. The second-order valence-electron chi connectivity index (χ2n) is 5.42. The molecule has 0 atom stereocenters. The molecule has 1 N–H and O–H groups in total. The third kappa shape index (κ3) is 4.65. The Labute approximate surface area is 170 Å². The number of carbonyl (C=O) groups excluding carboxylic acids is 1. The van der Waals surface area contributed by atoms with Crippen molar-refractivity contribution >= 4 is 63.3 Å². The fourth-order valence-corrected chi connectivity index (χ4v) is 3.71. The zero-order valence-corrected chi connectivity index (χ0v) is 16.7. The van der Waals surface area contributed by atoms with Crippen LogP contribution in [0.5, 0.6) is 0 Å². The Hall–Kier alpha value is -1.85. The summed E-state index contributed by atoms with van der Waals surface area (Å²) in [5.41, 5.74) is 2.49. The first-order valence-electron chi connectivity index (χ1n) is 7.60. The number of amides is 1. The lowest BCUT2D eigenvalue weighted by Gasteiger charge is -2.00. The molecule has 0 saturated heterocycles. The van der Waals surface area contributed by atoms with Crippen LogP contribution < -0.4 is 5.32 Å². The Morgan fingerprint density at radius 2 is 1.77 bits per heavy atom. The topological polar surface area (TPSA) is 42.0 Å². The Bertz CT molecular complexity index is 981. The van der Waals surface area contributed by atoms with Crippen LogP contribution in [0, 0.1) is 6.92 Å². The minimum Gasteiger partial charge on any atom is -0.298 e. The summed E-state index contributed by atoms with van der Waals surface area (Å²) in [6, 6.07) is 12.5. The lowest BCUT2D eigenvalue weighted by Crippen LogP contribution is -2.07. The summed E-state index contributed by atoms with van der Waals surface area (Å²) in [6.45, 7) is 1.96. The second-order valence-corrected chi connectivity index (χ2v) is 7.90. The highest BCUT2D eigenvalue weighted by Gasteiger charge is 2.11. The SMILES string of the molecule is Cc1sc(NC(=O)C=Cc2ccc(Cl)cc2Cl)nc1-c1ccc(Cl)cc1. The van der Waals surface area contributed by atoms with Gasteiger partial charge in [0.05, 0.1) is 5.69 Å². The molecule has 1 aromatic heterocycles. The largest absolute Gasteiger partial charge is 0.298 e. The van der Waals surface area contributed by atoms with E-state index in [2.05, 4.69) is 10.3 Å². The number of anilines is 1. The standard InChI is InChI=1S/C19H13Cl3N2OS/c1-11-18(13-3-6-14(20)7-4-13)24-19(26-11)23-17(25)9-5-12-2-8-15(21)10-16(12)22/h2-10H,1H3,(H,23,24,25). The molecule has 0 aliphatic heterocycles. The van der Waals surface area contributed by atoms with Gasteiger partial charge in [-0.1, -0.05) is 53.0 Å². The van der Waals surface area contributed by atoms with Gasteiger partial charge in [-0.15, -0.1) is 11.3 Å². The van der Waals surface area contributed by atoms with Gasteiger partial charge >= 0.3 is 0 Å². The van der Waals surface area contributed by atoms with Gasteiger partial charge < -0.3 is 0 Å². The summed E-state index contributed by atoms with van der Waals surface area (Å²) >= 11 is 19.3. The van der Waals surface area contributed by atoms with E-state index in [1.54, 1.807) is 24.3 Å². The van der Waals surface area contributed by atoms with Crippen LogP contribution in [0.2, 0.25) is 15.1 Å². The van der Waals surface area contributed by atoms with Crippen molar-refractivity contribution in [3.8, 4) is 11.3 Å². The van der Waals surface area contributed by atoms with Crippen molar-refractivity contribution in [2.45, 2.75) is 6.92 Å². The van der Waals surface area contributed by atoms with Crippen LogP contribution in [0.1, 0.15) is 10.4 Å². The number of halogens is 3. The first-order chi connectivity index (χ1) is 12.4. The van der Waals surface area contributed by atoms with Gasteiger partial charge in [0, 0.05) is 31.6 Å². The van der Waals surface area contributed by atoms with Crippen LogP contribution in [-0.4, -0.2) is 10.9 Å². The zero-order valence-electron chi connectivity index (χ0n) is 13.6. The van der Waals surface area contributed by atoms with E-state index in [4.69, 9.17) is 34.8 Å². The van der Waals surface area contributed by atoms with Crippen LogP contribution >= 0.6 is 46.1 Å². The van der Waals surface area contributed by atoms with E-state index in [9.17, 15) is 4.79 Å². The van der Waals surface area contributed by atoms with Crippen molar-refractivity contribution < 1.29 is 4.79 Å². The Balaban J connectivity index is 1.72. The van der Waals surface area contributed by atoms with Gasteiger partial charge in [-0.2, -0.15) is 0 Å². The van der Waals surface area contributed by atoms with Crippen molar-refractivity contribution in [1.82, 2.24) is 4.98 Å². The fraction of sp³-hybridized carbons (Fsp3) is 0.0526. The maximum Gasteiger partial charge on any atom is 0.250 e. The van der Waals surface area contributed by atoms with Crippen molar-refractivity contribution in [2.24, 2.45) is 0 Å². The van der Waals surface area contributed by atoms with Gasteiger partial charge in [0.1, 0.15) is 0 Å². The molecule has 3 nitrogen and oxygen atoms in total. The summed E-state index contributed by atoms with van der Waals surface area (Å²) in [5.74, 6) is -0.285. The Kier molecular flexibility index (Phi) is 5.99. The molecule has 7 heteroatoms. The van der Waals surface area contributed by atoms with Gasteiger partial charge in [0.15, 0.2) is 5.13 Å². The molecule has 0 unspecified atom stereocenters. The van der Waals surface area contributed by atoms with Crippen molar-refractivity contribution in [1.29, 1.82) is 0 Å². The van der Waals surface area contributed by atoms with Crippen LogP contribution in [0.25, 0.3) is 17.3 Å². The average Bonchev–Trinajstić information content (AvgIpc) is 2.95. The highest BCUT2D eigenvalue weighted by Crippen LogP contribution is 2.31. The van der Waals surface area contributed by atoms with E-state index >= 15 is 0 Å². The molecule has 1 heterocycles. The normalized spacial score (nSPS) is 11.1. The first kappa shape index (κ1) is 18.9. The maximum atomic E-state index is 12.1. The van der Waals surface area contributed by atoms with Crippen LogP contribution in [0.3, 0.4) is 0 Å². The Morgan fingerprint density at radius 3 is 2.46 bits per heavy atom. The van der Waals surface area contributed by atoms with Gasteiger partial charge in [-0.25, -0.2) is 4.98 Å². The van der Waals surface area contributed by atoms with Gasteiger partial charge in [-0.3, -0.25) is 10.1 Å². The van der Waals surface area contributed by atoms with Gasteiger partial charge in [0.2, 0.25) is 5.91 Å². The number of benzene rings is 2. The van der Waals surface area contributed by atoms with Crippen molar-refractivity contribution in [2.75, 3.05) is 5.32 Å². The van der Waals surface area contributed by atoms with E-state index in [1.165, 1.54) is 17.4 Å². The summed E-state index contributed by atoms with van der Waals surface area (Å²) in [6.07, 6.45) is 3.04. The maximum absolute atomic E-state index is 12.1. The third-order valence-corrected chi connectivity index (χ3v) is 5.22. The van der Waals surface area contributed by atoms with E-state index in [0.29, 0.717) is 25.8 Å². The number of hydrogen-bond acceptors (Lipinski definition) is 3. The third-order valence-electron chi connectivity index (χ3n) is 3.52. The molecule has 26 heavy (non-hydrogen) atoms. The minimum atomic E-state index is -0.285. The average molecular weight is 424 g/mol. The van der Waals surface area contributed by atoms with Gasteiger partial charge in [-0.05, 0) is 42.8 Å². The fourth-order valence-electron chi connectivity index (χ4n) is 2.27. The molecule has 3 rings (SSSR count). The number of hydrogen-bond donors (Lipinski definition) is 1. The van der Waals surface area contributed by atoms with E-state index in [0.717, 1.165) is 16.1 Å². The van der Waals surface area contributed by atoms with Gasteiger partial charge in [0.25, 0.3) is 0 Å². The number of nitrogens with zero attached hydrogens (tertiary/aromatic N) is 1. The number of nitrogens with one attached hydrogen (secondary N) is 1. The molecule has 2 aromatic carbocycles. The summed E-state index contributed by atoms with van der Waals surface area (Å²) in [4.78, 5) is 17.7. The van der Waals surface area contributed by atoms with E-state index in [1.807, 2.05) is 31.2 Å². The smallest absolute Gasteiger partial charge is 0.250 e. The highest BCUT2D eigenvalue weighted by atomic mass is 35.5. The number of carbonyl (C=O) groups is 1. The zero-order chi connectivity index (χ0) is 18.7. The molecule has 0 aliphatic rings. The van der Waals surface area contributed by atoms with Crippen molar-refractivity contribution in [3.05, 3.63) is 74.0 Å². The molecule has 0 aliphatic carbocycles. The number of aromatic nitrogens is 1. The Morgan fingerprint density at radius 1 is 1.08 bits per heavy atom. The lowest BCUT2D eigenvalue weighted by molar-refractivity contribution is -0.111. The molecule has 0 radical (unpaired) electrons. The number of rotatable bonds is 4. The lowest BCUT2D eigenvalue weighted by atomic mass is 10.1. The second kappa shape index (κ2) is 8.23. The number of aryl methyl sites for hydroxylation is 1. The van der Waals surface area contributed by atoms with E-state index < -0.39 is 0 Å². The minimum absolute atomic E-state index is 0.285.